The predicted molar refractivity (Wildman–Crippen MR) is 78.8 cm³/mol. The Labute approximate surface area is 122 Å². The molecule has 0 heterocycles. The van der Waals surface area contributed by atoms with Crippen molar-refractivity contribution in [3.8, 4) is 11.5 Å². The minimum absolute atomic E-state index is 0.00791. The fourth-order valence-corrected chi connectivity index (χ4v) is 1.75. The molecule has 0 aliphatic rings. The number of hydrogen-bond acceptors (Lipinski definition) is 5. The second-order valence-corrected chi connectivity index (χ2v) is 4.41. The molecule has 0 spiro atoms. The number of nitrogens with zero attached hydrogens (tertiary/aromatic N) is 1. The number of oxime groups is 1. The van der Waals surface area contributed by atoms with E-state index in [0.29, 0.717) is 16.9 Å². The van der Waals surface area contributed by atoms with Crippen molar-refractivity contribution in [3.05, 3.63) is 59.2 Å². The Morgan fingerprint density at radius 2 is 2.05 bits per heavy atom. The molecule has 0 aliphatic carbocycles. The van der Waals surface area contributed by atoms with E-state index < -0.39 is 5.97 Å². The van der Waals surface area contributed by atoms with Crippen LogP contribution in [0, 0.1) is 6.92 Å². The van der Waals surface area contributed by atoms with Gasteiger partial charge in [0.25, 0.3) is 0 Å². The number of rotatable bonds is 4. The summed E-state index contributed by atoms with van der Waals surface area (Å²) in [5.41, 5.74) is 1.99. The molecule has 5 nitrogen and oxygen atoms in total. The zero-order valence-electron chi connectivity index (χ0n) is 11.7. The van der Waals surface area contributed by atoms with Crippen molar-refractivity contribution in [2.45, 2.75) is 6.92 Å². The highest BCUT2D eigenvalue weighted by molar-refractivity contribution is 5.90. The summed E-state index contributed by atoms with van der Waals surface area (Å²) in [6, 6.07) is 11.8. The average molecular weight is 285 g/mol. The lowest BCUT2D eigenvalue weighted by Gasteiger charge is -2.03. The standard InChI is InChI=1S/C16H15NO4/c1-11-4-3-5-13(8-11)16(19)21-17-10-12-6-7-15(20-2)14(18)9-12/h3-10,18H,1-2H3/b17-10+. The van der Waals surface area contributed by atoms with Crippen LogP contribution in [-0.2, 0) is 4.84 Å². The molecule has 0 atom stereocenters. The summed E-state index contributed by atoms with van der Waals surface area (Å²) in [4.78, 5) is 16.6. The molecular formula is C16H15NO4. The number of carbonyl (C=O) groups is 1. The molecule has 0 amide bonds. The van der Waals surface area contributed by atoms with Gasteiger partial charge in [-0.15, -0.1) is 0 Å². The van der Waals surface area contributed by atoms with Crippen molar-refractivity contribution in [2.24, 2.45) is 5.16 Å². The third-order valence-corrected chi connectivity index (χ3v) is 2.79. The maximum atomic E-state index is 11.7. The van der Waals surface area contributed by atoms with Gasteiger partial charge >= 0.3 is 5.97 Å². The Kier molecular flexibility index (Phi) is 4.56. The molecule has 0 fully saturated rings. The number of benzene rings is 2. The Hall–Kier alpha value is -2.82. The number of aryl methyl sites for hydroxylation is 1. The van der Waals surface area contributed by atoms with Gasteiger partial charge in [-0.3, -0.25) is 0 Å². The number of phenols is 1. The second-order valence-electron chi connectivity index (χ2n) is 4.41. The summed E-state index contributed by atoms with van der Waals surface area (Å²) in [7, 11) is 1.46. The number of methoxy groups -OCH3 is 1. The van der Waals surface area contributed by atoms with E-state index in [1.54, 1.807) is 30.3 Å². The van der Waals surface area contributed by atoms with E-state index in [9.17, 15) is 9.90 Å². The number of ether oxygens (including phenoxy) is 1. The highest BCUT2D eigenvalue weighted by atomic mass is 16.7. The number of phenolic OH excluding ortho intramolecular Hbond substituents is 1. The second kappa shape index (κ2) is 6.56. The SMILES string of the molecule is COc1ccc(/C=N/OC(=O)c2cccc(C)c2)cc1O. The molecule has 0 aromatic heterocycles. The monoisotopic (exact) mass is 285 g/mol. The van der Waals surface area contributed by atoms with Crippen molar-refractivity contribution in [2.75, 3.05) is 7.11 Å². The van der Waals surface area contributed by atoms with Crippen LogP contribution < -0.4 is 4.74 Å². The molecule has 2 rings (SSSR count). The van der Waals surface area contributed by atoms with E-state index in [0.717, 1.165) is 5.56 Å². The Bertz CT molecular complexity index is 680. The molecule has 2 aromatic rings. The van der Waals surface area contributed by atoms with E-state index >= 15 is 0 Å². The summed E-state index contributed by atoms with van der Waals surface area (Å²) < 4.78 is 4.93. The smallest absolute Gasteiger partial charge is 0.365 e. The summed E-state index contributed by atoms with van der Waals surface area (Å²) in [5.74, 6) is -0.178. The molecule has 1 N–H and O–H groups in total. The van der Waals surface area contributed by atoms with Crippen LogP contribution in [0.2, 0.25) is 0 Å². The Morgan fingerprint density at radius 1 is 1.24 bits per heavy atom. The van der Waals surface area contributed by atoms with Gasteiger partial charge in [0.2, 0.25) is 0 Å². The number of carbonyl (C=O) groups excluding carboxylic acids is 1. The summed E-state index contributed by atoms with van der Waals surface area (Å²) >= 11 is 0. The van der Waals surface area contributed by atoms with E-state index in [1.807, 2.05) is 13.0 Å². The van der Waals surface area contributed by atoms with E-state index in [1.165, 1.54) is 19.4 Å². The first-order valence-electron chi connectivity index (χ1n) is 6.28. The molecule has 0 saturated carbocycles. The highest BCUT2D eigenvalue weighted by Crippen LogP contribution is 2.25. The van der Waals surface area contributed by atoms with Crippen molar-refractivity contribution >= 4 is 12.2 Å². The Morgan fingerprint density at radius 3 is 2.71 bits per heavy atom. The van der Waals surface area contributed by atoms with Crippen LogP contribution in [0.15, 0.2) is 47.6 Å². The first kappa shape index (κ1) is 14.6. The van der Waals surface area contributed by atoms with Gasteiger partial charge in [-0.25, -0.2) is 4.79 Å². The molecule has 5 heteroatoms. The minimum atomic E-state index is -0.535. The highest BCUT2D eigenvalue weighted by Gasteiger charge is 2.06. The first-order valence-corrected chi connectivity index (χ1v) is 6.28. The van der Waals surface area contributed by atoms with Crippen LogP contribution in [0.1, 0.15) is 21.5 Å². The maximum Gasteiger partial charge on any atom is 0.365 e. The molecule has 21 heavy (non-hydrogen) atoms. The van der Waals surface area contributed by atoms with Crippen LogP contribution in [0.3, 0.4) is 0 Å². The van der Waals surface area contributed by atoms with Gasteiger partial charge in [0.05, 0.1) is 18.9 Å². The molecule has 108 valence electrons. The molecule has 0 bridgehead atoms. The van der Waals surface area contributed by atoms with Crippen molar-refractivity contribution < 1.29 is 19.5 Å². The average Bonchev–Trinajstić information content (AvgIpc) is 2.47. The fraction of sp³-hybridized carbons (Fsp3) is 0.125. The predicted octanol–water partition coefficient (Wildman–Crippen LogP) is 2.90. The van der Waals surface area contributed by atoms with Gasteiger partial charge in [0.1, 0.15) is 0 Å². The van der Waals surface area contributed by atoms with Crippen molar-refractivity contribution in [1.82, 2.24) is 0 Å². The van der Waals surface area contributed by atoms with Crippen LogP contribution in [0.5, 0.6) is 11.5 Å². The van der Waals surface area contributed by atoms with Gasteiger partial charge in [-0.1, -0.05) is 22.9 Å². The summed E-state index contributed by atoms with van der Waals surface area (Å²) in [5, 5.41) is 13.2. The minimum Gasteiger partial charge on any atom is -0.504 e. The lowest BCUT2D eigenvalue weighted by Crippen LogP contribution is -2.01. The molecule has 0 aliphatic heterocycles. The molecule has 0 saturated heterocycles. The Balaban J connectivity index is 2.02. The van der Waals surface area contributed by atoms with Crippen LogP contribution >= 0.6 is 0 Å². The molecule has 0 radical (unpaired) electrons. The quantitative estimate of drug-likeness (QED) is 0.533. The lowest BCUT2D eigenvalue weighted by atomic mass is 10.1. The zero-order valence-corrected chi connectivity index (χ0v) is 11.7. The lowest BCUT2D eigenvalue weighted by molar-refractivity contribution is 0.0519. The van der Waals surface area contributed by atoms with Crippen molar-refractivity contribution in [3.63, 3.8) is 0 Å². The molecule has 0 unspecified atom stereocenters. The fourth-order valence-electron chi connectivity index (χ4n) is 1.75. The largest absolute Gasteiger partial charge is 0.504 e. The van der Waals surface area contributed by atoms with Gasteiger partial charge in [0.15, 0.2) is 11.5 Å². The molecule has 2 aromatic carbocycles. The van der Waals surface area contributed by atoms with Crippen LogP contribution in [-0.4, -0.2) is 24.4 Å². The normalized spacial score (nSPS) is 10.6. The summed E-state index contributed by atoms with van der Waals surface area (Å²) in [6.07, 6.45) is 1.34. The number of aromatic hydroxyl groups is 1. The van der Waals surface area contributed by atoms with E-state index in [-0.39, 0.29) is 5.75 Å². The topological polar surface area (TPSA) is 68.1 Å². The van der Waals surface area contributed by atoms with Crippen LogP contribution in [0.4, 0.5) is 0 Å². The van der Waals surface area contributed by atoms with Gasteiger partial charge in [-0.05, 0) is 37.3 Å². The van der Waals surface area contributed by atoms with Gasteiger partial charge < -0.3 is 14.7 Å². The first-order chi connectivity index (χ1) is 10.1. The van der Waals surface area contributed by atoms with Crippen LogP contribution in [0.25, 0.3) is 0 Å². The summed E-state index contributed by atoms with van der Waals surface area (Å²) in [6.45, 7) is 1.89. The van der Waals surface area contributed by atoms with Crippen molar-refractivity contribution in [1.29, 1.82) is 0 Å². The van der Waals surface area contributed by atoms with E-state index in [2.05, 4.69) is 5.16 Å². The third-order valence-electron chi connectivity index (χ3n) is 2.79. The van der Waals surface area contributed by atoms with E-state index in [4.69, 9.17) is 9.57 Å². The zero-order chi connectivity index (χ0) is 15.2. The third kappa shape index (κ3) is 3.82. The maximum absolute atomic E-state index is 11.7. The van der Waals surface area contributed by atoms with Gasteiger partial charge in [0, 0.05) is 5.56 Å². The van der Waals surface area contributed by atoms with Gasteiger partial charge in [-0.2, -0.15) is 0 Å². The number of hydrogen-bond donors (Lipinski definition) is 1. The molecular weight excluding hydrogens is 270 g/mol.